The van der Waals surface area contributed by atoms with Gasteiger partial charge in [0.25, 0.3) is 0 Å². The Balaban J connectivity index is 1.95. The van der Waals surface area contributed by atoms with E-state index in [9.17, 15) is 9.59 Å². The molecule has 0 spiro atoms. The van der Waals surface area contributed by atoms with E-state index in [0.29, 0.717) is 12.8 Å². The van der Waals surface area contributed by atoms with Gasteiger partial charge in [-0.1, -0.05) is 24.3 Å². The number of aryl methyl sites for hydroxylation is 1. The fourth-order valence-corrected chi connectivity index (χ4v) is 2.47. The first-order valence-electron chi connectivity index (χ1n) is 6.73. The molecule has 1 unspecified atom stereocenters. The number of carbonyl (C=O) groups is 2. The molecular weight excluding hydrogens is 258 g/mol. The number of nitrogens with one attached hydrogen (secondary N) is 1. The van der Waals surface area contributed by atoms with Crippen LogP contribution in [0.25, 0.3) is 0 Å². The Kier molecular flexibility index (Phi) is 4.39. The van der Waals surface area contributed by atoms with Crippen LogP contribution in [-0.2, 0) is 14.3 Å². The smallest absolute Gasteiger partial charge is 0.332 e. The van der Waals surface area contributed by atoms with Gasteiger partial charge in [-0.05, 0) is 37.8 Å². The Morgan fingerprint density at radius 1 is 1.30 bits per heavy atom. The van der Waals surface area contributed by atoms with Crippen LogP contribution < -0.4 is 5.32 Å². The topological polar surface area (TPSA) is 75.6 Å². The van der Waals surface area contributed by atoms with Crippen molar-refractivity contribution in [2.45, 2.75) is 44.9 Å². The number of aliphatic carboxylic acids is 1. The third kappa shape index (κ3) is 3.17. The first kappa shape index (κ1) is 14.5. The Labute approximate surface area is 117 Å². The average molecular weight is 277 g/mol. The van der Waals surface area contributed by atoms with Crippen molar-refractivity contribution >= 4 is 11.9 Å². The minimum atomic E-state index is -1.01. The van der Waals surface area contributed by atoms with Gasteiger partial charge in [0.15, 0.2) is 6.10 Å². The summed E-state index contributed by atoms with van der Waals surface area (Å²) in [5.74, 6) is -1.25. The van der Waals surface area contributed by atoms with E-state index in [1.807, 2.05) is 38.1 Å². The fourth-order valence-electron chi connectivity index (χ4n) is 2.47. The molecule has 1 saturated heterocycles. The molecule has 0 aromatic heterocycles. The second kappa shape index (κ2) is 6.05. The zero-order chi connectivity index (χ0) is 14.7. The van der Waals surface area contributed by atoms with E-state index in [1.165, 1.54) is 0 Å². The summed E-state index contributed by atoms with van der Waals surface area (Å²) in [5.41, 5.74) is 2.16. The zero-order valence-electron chi connectivity index (χ0n) is 11.6. The monoisotopic (exact) mass is 277 g/mol. The van der Waals surface area contributed by atoms with Crippen LogP contribution in [0.2, 0.25) is 0 Å². The highest BCUT2D eigenvalue weighted by Crippen LogP contribution is 2.22. The largest absolute Gasteiger partial charge is 0.479 e. The maximum atomic E-state index is 12.1. The highest BCUT2D eigenvalue weighted by Gasteiger charge is 2.35. The lowest BCUT2D eigenvalue weighted by atomic mass is 10.0. The number of benzene rings is 1. The maximum absolute atomic E-state index is 12.1. The summed E-state index contributed by atoms with van der Waals surface area (Å²) in [6.07, 6.45) is -0.697. The third-order valence-corrected chi connectivity index (χ3v) is 3.60. The van der Waals surface area contributed by atoms with Crippen LogP contribution in [0.15, 0.2) is 24.3 Å². The van der Waals surface area contributed by atoms with Crippen LogP contribution in [0.5, 0.6) is 0 Å². The minimum absolute atomic E-state index is 0.129. The molecule has 1 aliphatic heterocycles. The zero-order valence-corrected chi connectivity index (χ0v) is 11.6. The third-order valence-electron chi connectivity index (χ3n) is 3.60. The van der Waals surface area contributed by atoms with E-state index in [0.717, 1.165) is 11.1 Å². The summed E-state index contributed by atoms with van der Waals surface area (Å²) >= 11 is 0. The van der Waals surface area contributed by atoms with Crippen LogP contribution >= 0.6 is 0 Å². The SMILES string of the molecule is Cc1ccccc1C(C)NC(=O)[C@@H]1CC[C@H](C(=O)O)O1. The molecular formula is C15H19NO4. The number of rotatable bonds is 4. The van der Waals surface area contributed by atoms with Crippen LogP contribution in [0.4, 0.5) is 0 Å². The summed E-state index contributed by atoms with van der Waals surface area (Å²) in [6, 6.07) is 7.71. The molecule has 5 heteroatoms. The number of hydrogen-bond donors (Lipinski definition) is 2. The van der Waals surface area contributed by atoms with Crippen molar-refractivity contribution in [2.24, 2.45) is 0 Å². The number of hydrogen-bond acceptors (Lipinski definition) is 3. The van der Waals surface area contributed by atoms with Gasteiger partial charge >= 0.3 is 5.97 Å². The van der Waals surface area contributed by atoms with Gasteiger partial charge in [0.1, 0.15) is 6.10 Å². The first-order valence-corrected chi connectivity index (χ1v) is 6.73. The predicted octanol–water partition coefficient (Wildman–Crippen LogP) is 1.80. The van der Waals surface area contributed by atoms with Crippen molar-refractivity contribution < 1.29 is 19.4 Å². The number of carboxylic acids is 1. The summed E-state index contributed by atoms with van der Waals surface area (Å²) in [5, 5.41) is 11.7. The maximum Gasteiger partial charge on any atom is 0.332 e. The predicted molar refractivity (Wildman–Crippen MR) is 73.3 cm³/mol. The van der Waals surface area contributed by atoms with E-state index >= 15 is 0 Å². The number of ether oxygens (including phenoxy) is 1. The van der Waals surface area contributed by atoms with Gasteiger partial charge in [-0.15, -0.1) is 0 Å². The van der Waals surface area contributed by atoms with Gasteiger partial charge in [0, 0.05) is 0 Å². The van der Waals surface area contributed by atoms with Gasteiger partial charge in [0.05, 0.1) is 6.04 Å². The van der Waals surface area contributed by atoms with Gasteiger partial charge in [0.2, 0.25) is 5.91 Å². The molecule has 1 fully saturated rings. The van der Waals surface area contributed by atoms with Gasteiger partial charge in [-0.25, -0.2) is 4.79 Å². The molecule has 1 amide bonds. The summed E-state index contributed by atoms with van der Waals surface area (Å²) in [7, 11) is 0. The molecule has 0 aliphatic carbocycles. The van der Waals surface area contributed by atoms with Crippen LogP contribution in [0.3, 0.4) is 0 Å². The van der Waals surface area contributed by atoms with Crippen molar-refractivity contribution in [1.82, 2.24) is 5.32 Å². The van der Waals surface area contributed by atoms with Crippen LogP contribution in [0, 0.1) is 6.92 Å². The molecule has 0 radical (unpaired) electrons. The summed E-state index contributed by atoms with van der Waals surface area (Å²) in [4.78, 5) is 22.9. The van der Waals surface area contributed by atoms with E-state index < -0.39 is 18.2 Å². The van der Waals surface area contributed by atoms with Crippen molar-refractivity contribution in [3.05, 3.63) is 35.4 Å². The molecule has 20 heavy (non-hydrogen) atoms. The minimum Gasteiger partial charge on any atom is -0.479 e. The molecule has 1 aromatic carbocycles. The number of carboxylic acid groups (broad SMARTS) is 1. The lowest BCUT2D eigenvalue weighted by molar-refractivity contribution is -0.151. The second-order valence-corrected chi connectivity index (χ2v) is 5.12. The molecule has 1 aromatic rings. The molecule has 0 bridgehead atoms. The number of carbonyl (C=O) groups excluding carboxylic acids is 1. The van der Waals surface area contributed by atoms with Gasteiger partial charge in [-0.3, -0.25) is 4.79 Å². The lowest BCUT2D eigenvalue weighted by Crippen LogP contribution is -2.37. The quantitative estimate of drug-likeness (QED) is 0.880. The van der Waals surface area contributed by atoms with Crippen LogP contribution in [-0.4, -0.2) is 29.2 Å². The van der Waals surface area contributed by atoms with Crippen molar-refractivity contribution in [2.75, 3.05) is 0 Å². The van der Waals surface area contributed by atoms with E-state index in [-0.39, 0.29) is 11.9 Å². The van der Waals surface area contributed by atoms with Crippen molar-refractivity contribution in [1.29, 1.82) is 0 Å². The molecule has 108 valence electrons. The Hall–Kier alpha value is -1.88. The molecule has 2 rings (SSSR count). The fraction of sp³-hybridized carbons (Fsp3) is 0.467. The molecule has 1 heterocycles. The normalized spacial score (nSPS) is 23.3. The van der Waals surface area contributed by atoms with E-state index in [1.54, 1.807) is 0 Å². The Morgan fingerprint density at radius 2 is 1.95 bits per heavy atom. The highest BCUT2D eigenvalue weighted by molar-refractivity contribution is 5.83. The van der Waals surface area contributed by atoms with Gasteiger partial charge < -0.3 is 15.2 Å². The Bertz CT molecular complexity index is 514. The van der Waals surface area contributed by atoms with Gasteiger partial charge in [-0.2, -0.15) is 0 Å². The van der Waals surface area contributed by atoms with Crippen molar-refractivity contribution in [3.63, 3.8) is 0 Å². The number of amides is 1. The van der Waals surface area contributed by atoms with E-state index in [2.05, 4.69) is 5.32 Å². The lowest BCUT2D eigenvalue weighted by Gasteiger charge is -2.19. The second-order valence-electron chi connectivity index (χ2n) is 5.12. The molecule has 2 N–H and O–H groups in total. The molecule has 0 saturated carbocycles. The molecule has 5 nitrogen and oxygen atoms in total. The standard InChI is InChI=1S/C15H19NO4/c1-9-5-3-4-6-11(9)10(2)16-14(17)12-7-8-13(20-12)15(18)19/h3-6,10,12-13H,7-8H2,1-2H3,(H,16,17)(H,18,19)/t10?,12-,13+/m0/s1. The Morgan fingerprint density at radius 3 is 2.55 bits per heavy atom. The average Bonchev–Trinajstić information content (AvgIpc) is 2.88. The van der Waals surface area contributed by atoms with Crippen molar-refractivity contribution in [3.8, 4) is 0 Å². The highest BCUT2D eigenvalue weighted by atomic mass is 16.5. The van der Waals surface area contributed by atoms with E-state index in [4.69, 9.17) is 9.84 Å². The van der Waals surface area contributed by atoms with Crippen LogP contribution in [0.1, 0.15) is 36.9 Å². The summed E-state index contributed by atoms with van der Waals surface area (Å²) in [6.45, 7) is 3.90. The first-order chi connectivity index (χ1) is 9.49. The summed E-state index contributed by atoms with van der Waals surface area (Å²) < 4.78 is 5.24. The molecule has 3 atom stereocenters. The molecule has 1 aliphatic rings.